The first kappa shape index (κ1) is 67.1. The van der Waals surface area contributed by atoms with Crippen LogP contribution in [0.4, 0.5) is 0 Å². The molecule has 0 spiro atoms. The smallest absolute Gasteiger partial charge is 0.208 e. The second-order valence-corrected chi connectivity index (χ2v) is 28.6. The van der Waals surface area contributed by atoms with Crippen molar-refractivity contribution in [1.29, 1.82) is 0 Å². The maximum Gasteiger partial charge on any atom is 0.226 e. The second-order valence-electron chi connectivity index (χ2n) is 26.5. The third-order valence-electron chi connectivity index (χ3n) is 20.1. The highest BCUT2D eigenvalue weighted by Crippen LogP contribution is 2.53. The van der Waals surface area contributed by atoms with Crippen LogP contribution in [0, 0.1) is 0 Å². The van der Waals surface area contributed by atoms with Crippen molar-refractivity contribution in [1.82, 2.24) is 44.9 Å². The van der Waals surface area contributed by atoms with Crippen molar-refractivity contribution in [2.45, 2.75) is 12.3 Å². The minimum absolute atomic E-state index is 0.178. The van der Waals surface area contributed by atoms with Crippen molar-refractivity contribution in [2.75, 3.05) is 0 Å². The topological polar surface area (TPSA) is 116 Å². The van der Waals surface area contributed by atoms with Crippen LogP contribution in [0.1, 0.15) is 23.6 Å². The number of fused-ring (bicyclic) bond motifs is 9. The van der Waals surface area contributed by atoms with E-state index in [4.69, 9.17) is 49.8 Å². The van der Waals surface area contributed by atoms with Crippen LogP contribution in [0.2, 0.25) is 15.9 Å². The van der Waals surface area contributed by atoms with Crippen LogP contribution in [-0.2, 0) is 5.41 Å². The number of hydrogen-bond donors (Lipinski definition) is 0. The van der Waals surface area contributed by atoms with Crippen LogP contribution in [-0.4, -0.2) is 44.9 Å². The largest absolute Gasteiger partial charge is 0.226 e. The van der Waals surface area contributed by atoms with E-state index in [0.717, 1.165) is 71.4 Å². The number of nitrogens with zero attached hydrogens (tertiary/aromatic N) is 9. The molecule has 0 N–H and O–H groups in total. The number of aromatic nitrogens is 9. The van der Waals surface area contributed by atoms with Gasteiger partial charge in [0.1, 0.15) is 0 Å². The average molecular weight is 1470 g/mol. The molecule has 13 heteroatoms. The number of benzene rings is 15. The molecule has 0 saturated heterocycles. The van der Waals surface area contributed by atoms with Crippen molar-refractivity contribution in [3.63, 3.8) is 0 Å². The fourth-order valence-corrected chi connectivity index (χ4v) is 16.5. The van der Waals surface area contributed by atoms with Gasteiger partial charge in [-0.3, -0.25) is 0 Å². The third-order valence-corrected chi connectivity index (χ3v) is 21.8. The van der Waals surface area contributed by atoms with E-state index in [1.165, 1.54) is 75.6 Å². The molecule has 0 amide bonds. The minimum Gasteiger partial charge on any atom is -0.208 e. The monoisotopic (exact) mass is 1460 g/mol. The summed E-state index contributed by atoms with van der Waals surface area (Å²) in [5.74, 6) is 3.38. The Hall–Kier alpha value is -12.8. The fourth-order valence-electron chi connectivity index (χ4n) is 14.8. The van der Waals surface area contributed by atoms with Gasteiger partial charge >= 0.3 is 0 Å². The van der Waals surface area contributed by atoms with Gasteiger partial charge in [0.2, 0.25) is 15.9 Å². The van der Waals surface area contributed by atoms with Crippen LogP contribution >= 0.6 is 46.1 Å². The lowest BCUT2D eigenvalue weighted by atomic mass is 9.74. The molecule has 108 heavy (non-hydrogen) atoms. The molecule has 0 bridgehead atoms. The molecule has 19 aromatic rings. The van der Waals surface area contributed by atoms with Gasteiger partial charge in [0.05, 0.1) is 0 Å². The van der Waals surface area contributed by atoms with Crippen molar-refractivity contribution >= 4 is 98.6 Å². The summed E-state index contributed by atoms with van der Waals surface area (Å²) in [5, 5.41) is 9.78. The van der Waals surface area contributed by atoms with Gasteiger partial charge in [0, 0.05) is 59.0 Å². The molecule has 0 unspecified atom stereocenters. The molecular formula is C95H60Cl3N9S. The lowest BCUT2D eigenvalue weighted by Gasteiger charge is -2.28. The molecule has 20 rings (SSSR count). The molecule has 1 aliphatic carbocycles. The van der Waals surface area contributed by atoms with Gasteiger partial charge < -0.3 is 0 Å². The summed E-state index contributed by atoms with van der Waals surface area (Å²) in [7, 11) is 0. The lowest BCUT2D eigenvalue weighted by molar-refractivity contribution is 0.714. The predicted molar refractivity (Wildman–Crippen MR) is 446 cm³/mol. The van der Waals surface area contributed by atoms with Gasteiger partial charge in [-0.05, 0) is 166 Å². The highest BCUT2D eigenvalue weighted by Gasteiger charge is 2.40. The Morgan fingerprint density at radius 3 is 1.28 bits per heavy atom. The van der Waals surface area contributed by atoms with Gasteiger partial charge in [-0.1, -0.05) is 315 Å². The summed E-state index contributed by atoms with van der Waals surface area (Å²) in [6.45, 7) is 2.30. The van der Waals surface area contributed by atoms with Crippen LogP contribution < -0.4 is 0 Å². The summed E-state index contributed by atoms with van der Waals surface area (Å²) >= 11 is 21.0. The van der Waals surface area contributed by atoms with Crippen LogP contribution in [0.25, 0.3) is 165 Å². The maximum absolute atomic E-state index is 6.45. The summed E-state index contributed by atoms with van der Waals surface area (Å²) in [6, 6.07) is 120. The van der Waals surface area contributed by atoms with Crippen molar-refractivity contribution in [3.05, 3.63) is 378 Å². The molecule has 0 radical (unpaired) electrons. The fraction of sp³-hybridized carbons (Fsp3) is 0.0211. The molecule has 0 fully saturated rings. The zero-order valence-corrected chi connectivity index (χ0v) is 61.1. The Labute approximate surface area is 642 Å². The Balaban J connectivity index is 0.000000114. The minimum atomic E-state index is -0.290. The molecule has 0 aliphatic heterocycles. The number of hydrogen-bond acceptors (Lipinski definition) is 10. The molecule has 4 aromatic heterocycles. The number of rotatable bonds is 10. The standard InChI is InChI=1S/C33H22ClN3.C31H18ClN3S.C31H20ClN3/c1-33(28-15-6-4-13-26(28)27-14-5-7-16-29(27)33)25-12-8-11-23(20-25)30-35-31(37-32(34)36-30)24-18-17-21-9-2-3-10-22(21)19-24;32-31-34-29(20-16-17-25-24-10-4-5-15-27(24)36-28(25)18-20)33-30(35-31)26-14-7-12-22-21(11-6-13-23(22)26)19-8-2-1-3-9-19;32-31-34-29(33-30(35-31)28-15-7-11-23-10-4-5-14-27(23)28)24-18-16-22(17-19-24)26-13-6-12-25(20-26)21-8-2-1-3-9-21/h2-20H,1H3;1-18H;1-20H. The Bertz CT molecular complexity index is 6600. The van der Waals surface area contributed by atoms with E-state index in [9.17, 15) is 0 Å². The van der Waals surface area contributed by atoms with Crippen LogP contribution in [0.5, 0.6) is 0 Å². The molecule has 9 nitrogen and oxygen atoms in total. The zero-order chi connectivity index (χ0) is 72.7. The maximum atomic E-state index is 6.45. The summed E-state index contributed by atoms with van der Waals surface area (Å²) in [5.41, 5.74) is 18.6. The van der Waals surface area contributed by atoms with E-state index in [1.807, 2.05) is 84.9 Å². The quantitative estimate of drug-likeness (QED) is 0.132. The first-order chi connectivity index (χ1) is 53.1. The highest BCUT2D eigenvalue weighted by atomic mass is 35.5. The second kappa shape index (κ2) is 28.9. The Morgan fingerprint density at radius 2 is 0.611 bits per heavy atom. The third kappa shape index (κ3) is 13.1. The normalized spacial score (nSPS) is 12.0. The van der Waals surface area contributed by atoms with E-state index in [2.05, 4.69) is 298 Å². The SMILES string of the molecule is CC1(c2cccc(-c3nc(Cl)nc(-c4ccc5ccccc5c4)n3)c2)c2ccccc2-c2ccccc21.Clc1nc(-c2ccc(-c3cccc(-c4ccccc4)c3)cc2)nc(-c2cccc3ccccc23)n1.Clc1nc(-c2ccc3c(c2)sc2ccccc23)nc(-c2cccc3c(-c4ccccc4)cccc23)n1. The van der Waals surface area contributed by atoms with E-state index < -0.39 is 0 Å². The summed E-state index contributed by atoms with van der Waals surface area (Å²) in [4.78, 5) is 41.3. The molecule has 1 aliphatic rings. The van der Waals surface area contributed by atoms with Crippen molar-refractivity contribution in [3.8, 4) is 113 Å². The van der Waals surface area contributed by atoms with Gasteiger partial charge in [-0.25, -0.2) is 15.0 Å². The zero-order valence-electron chi connectivity index (χ0n) is 58.0. The summed E-state index contributed by atoms with van der Waals surface area (Å²) < 4.78 is 2.47. The van der Waals surface area contributed by atoms with Gasteiger partial charge in [0.15, 0.2) is 34.9 Å². The lowest BCUT2D eigenvalue weighted by Crippen LogP contribution is -2.22. The Kier molecular flexibility index (Phi) is 18.0. The molecule has 512 valence electrons. The van der Waals surface area contributed by atoms with Crippen LogP contribution in [0.15, 0.2) is 346 Å². The molecule has 4 heterocycles. The predicted octanol–water partition coefficient (Wildman–Crippen LogP) is 25.7. The molecule has 0 saturated carbocycles. The van der Waals surface area contributed by atoms with E-state index in [0.29, 0.717) is 34.9 Å². The summed E-state index contributed by atoms with van der Waals surface area (Å²) in [6.07, 6.45) is 0. The first-order valence-electron chi connectivity index (χ1n) is 35.4. The molecular weight excluding hydrogens is 1410 g/mol. The van der Waals surface area contributed by atoms with Crippen LogP contribution in [0.3, 0.4) is 0 Å². The van der Waals surface area contributed by atoms with Gasteiger partial charge in [-0.2, -0.15) is 29.9 Å². The number of thiophene rings is 1. The van der Waals surface area contributed by atoms with Gasteiger partial charge in [0.25, 0.3) is 0 Å². The molecule has 15 aromatic carbocycles. The van der Waals surface area contributed by atoms with Crippen molar-refractivity contribution < 1.29 is 0 Å². The Morgan fingerprint density at radius 1 is 0.222 bits per heavy atom. The first-order valence-corrected chi connectivity index (χ1v) is 37.3. The highest BCUT2D eigenvalue weighted by molar-refractivity contribution is 7.25. The van der Waals surface area contributed by atoms with E-state index in [-0.39, 0.29) is 21.3 Å². The molecule has 0 atom stereocenters. The van der Waals surface area contributed by atoms with E-state index in [1.54, 1.807) is 11.3 Å². The van der Waals surface area contributed by atoms with E-state index >= 15 is 0 Å². The van der Waals surface area contributed by atoms with Gasteiger partial charge in [-0.15, -0.1) is 11.3 Å². The van der Waals surface area contributed by atoms with Crippen molar-refractivity contribution in [2.24, 2.45) is 0 Å². The average Bonchev–Trinajstić information content (AvgIpc) is 1.56. The number of halogens is 3.